The summed E-state index contributed by atoms with van der Waals surface area (Å²) in [6.07, 6.45) is 3.60. The second kappa shape index (κ2) is 9.51. The molecule has 0 aliphatic carbocycles. The topological polar surface area (TPSA) is 90.7 Å². The Kier molecular flexibility index (Phi) is 7.63. The van der Waals surface area contributed by atoms with Gasteiger partial charge < -0.3 is 14.8 Å². The zero-order chi connectivity index (χ0) is 16.4. The number of ether oxygens (including phenoxy) is 2. The van der Waals surface area contributed by atoms with E-state index in [1.807, 2.05) is 6.92 Å². The number of methoxy groups -OCH3 is 1. The molecule has 1 amide bonds. The Hall–Kier alpha value is -2.41. The predicted octanol–water partition coefficient (Wildman–Crippen LogP) is 2.16. The summed E-state index contributed by atoms with van der Waals surface area (Å²) < 4.78 is 10.1. The summed E-state index contributed by atoms with van der Waals surface area (Å²) in [6, 6.07) is 4.58. The fraction of sp³-hybridized carbons (Fsp3) is 0.400. The molecule has 1 rings (SSSR count). The van der Waals surface area contributed by atoms with Crippen molar-refractivity contribution in [3.05, 3.63) is 40.0 Å². The van der Waals surface area contributed by atoms with Crippen LogP contribution in [-0.2, 0) is 9.53 Å². The monoisotopic (exact) mass is 308 g/mol. The Morgan fingerprint density at radius 1 is 1.41 bits per heavy atom. The molecule has 1 aromatic rings. The van der Waals surface area contributed by atoms with Gasteiger partial charge in [0.15, 0.2) is 5.75 Å². The SMILES string of the molecule is CCCOc1ccc(/C=C/C(=O)NCCOC)cc1[N+](=O)[O-]. The predicted molar refractivity (Wildman–Crippen MR) is 82.8 cm³/mol. The Morgan fingerprint density at radius 2 is 2.18 bits per heavy atom. The van der Waals surface area contributed by atoms with E-state index in [2.05, 4.69) is 5.32 Å². The van der Waals surface area contributed by atoms with Gasteiger partial charge in [0.25, 0.3) is 0 Å². The Balaban J connectivity index is 2.77. The molecule has 120 valence electrons. The average Bonchev–Trinajstić information content (AvgIpc) is 2.51. The molecule has 0 radical (unpaired) electrons. The second-order valence-corrected chi connectivity index (χ2v) is 4.45. The minimum atomic E-state index is -0.499. The van der Waals surface area contributed by atoms with Crippen LogP contribution in [0.2, 0.25) is 0 Å². The Labute approximate surface area is 129 Å². The smallest absolute Gasteiger partial charge is 0.311 e. The van der Waals surface area contributed by atoms with Crippen LogP contribution >= 0.6 is 0 Å². The van der Waals surface area contributed by atoms with E-state index in [1.165, 1.54) is 24.3 Å². The third kappa shape index (κ3) is 5.92. The highest BCUT2D eigenvalue weighted by Crippen LogP contribution is 2.28. The molecule has 0 saturated carbocycles. The maximum absolute atomic E-state index is 11.5. The van der Waals surface area contributed by atoms with Gasteiger partial charge in [-0.05, 0) is 24.1 Å². The van der Waals surface area contributed by atoms with Gasteiger partial charge in [-0.2, -0.15) is 0 Å². The van der Waals surface area contributed by atoms with Crippen molar-refractivity contribution in [3.63, 3.8) is 0 Å². The lowest BCUT2D eigenvalue weighted by Gasteiger charge is -2.06. The molecule has 7 heteroatoms. The molecule has 1 aromatic carbocycles. The highest BCUT2D eigenvalue weighted by Gasteiger charge is 2.15. The van der Waals surface area contributed by atoms with Crippen molar-refractivity contribution in [1.82, 2.24) is 5.32 Å². The number of nitrogens with one attached hydrogen (secondary N) is 1. The maximum Gasteiger partial charge on any atom is 0.311 e. The van der Waals surface area contributed by atoms with E-state index in [9.17, 15) is 14.9 Å². The largest absolute Gasteiger partial charge is 0.487 e. The number of carbonyl (C=O) groups excluding carboxylic acids is 1. The number of nitrogens with zero attached hydrogens (tertiary/aromatic N) is 1. The zero-order valence-corrected chi connectivity index (χ0v) is 12.7. The average molecular weight is 308 g/mol. The number of nitro benzene ring substituents is 1. The van der Waals surface area contributed by atoms with Crippen LogP contribution in [0, 0.1) is 10.1 Å². The van der Waals surface area contributed by atoms with Crippen molar-refractivity contribution >= 4 is 17.7 Å². The molecule has 0 fully saturated rings. The Morgan fingerprint density at radius 3 is 2.82 bits per heavy atom. The molecule has 1 N–H and O–H groups in total. The van der Waals surface area contributed by atoms with Crippen LogP contribution in [0.4, 0.5) is 5.69 Å². The van der Waals surface area contributed by atoms with E-state index >= 15 is 0 Å². The number of nitro groups is 1. The summed E-state index contributed by atoms with van der Waals surface area (Å²) in [7, 11) is 1.54. The van der Waals surface area contributed by atoms with Crippen LogP contribution in [0.3, 0.4) is 0 Å². The van der Waals surface area contributed by atoms with E-state index < -0.39 is 4.92 Å². The second-order valence-electron chi connectivity index (χ2n) is 4.45. The van der Waals surface area contributed by atoms with Crippen LogP contribution in [-0.4, -0.2) is 37.7 Å². The molecule has 0 saturated heterocycles. The molecule has 0 aromatic heterocycles. The molecule has 0 atom stereocenters. The van der Waals surface area contributed by atoms with E-state index in [1.54, 1.807) is 13.2 Å². The summed E-state index contributed by atoms with van der Waals surface area (Å²) in [4.78, 5) is 22.1. The van der Waals surface area contributed by atoms with Gasteiger partial charge in [0.2, 0.25) is 5.91 Å². The van der Waals surface area contributed by atoms with Crippen molar-refractivity contribution in [2.45, 2.75) is 13.3 Å². The molecule has 0 bridgehead atoms. The highest BCUT2D eigenvalue weighted by molar-refractivity contribution is 5.91. The molecular weight excluding hydrogens is 288 g/mol. The van der Waals surface area contributed by atoms with Gasteiger partial charge in [0, 0.05) is 25.8 Å². The number of amides is 1. The zero-order valence-electron chi connectivity index (χ0n) is 12.7. The molecule has 0 aliphatic rings. The fourth-order valence-electron chi connectivity index (χ4n) is 1.62. The van der Waals surface area contributed by atoms with E-state index in [4.69, 9.17) is 9.47 Å². The van der Waals surface area contributed by atoms with Gasteiger partial charge in [-0.3, -0.25) is 14.9 Å². The Bertz CT molecular complexity index is 543. The lowest BCUT2D eigenvalue weighted by molar-refractivity contribution is -0.385. The quantitative estimate of drug-likeness (QED) is 0.327. The number of hydrogen-bond donors (Lipinski definition) is 1. The summed E-state index contributed by atoms with van der Waals surface area (Å²) in [5.41, 5.74) is 0.438. The normalized spacial score (nSPS) is 10.6. The van der Waals surface area contributed by atoms with Crippen LogP contribution in [0.5, 0.6) is 5.75 Å². The molecule has 0 spiro atoms. The first-order valence-electron chi connectivity index (χ1n) is 6.94. The number of hydrogen-bond acceptors (Lipinski definition) is 5. The summed E-state index contributed by atoms with van der Waals surface area (Å²) in [5.74, 6) is -0.0560. The molecular formula is C15H20N2O5. The van der Waals surface area contributed by atoms with Gasteiger partial charge in [0.1, 0.15) is 0 Å². The molecule has 0 aliphatic heterocycles. The van der Waals surface area contributed by atoms with Crippen LogP contribution in [0.1, 0.15) is 18.9 Å². The lowest BCUT2D eigenvalue weighted by Crippen LogP contribution is -2.24. The number of carbonyl (C=O) groups is 1. The minimum Gasteiger partial charge on any atom is -0.487 e. The molecule has 7 nitrogen and oxygen atoms in total. The van der Waals surface area contributed by atoms with Gasteiger partial charge in [0.05, 0.1) is 18.1 Å². The standard InChI is InChI=1S/C15H20N2O5/c1-3-9-22-14-6-4-12(11-13(14)17(19)20)5-7-15(18)16-8-10-21-2/h4-7,11H,3,8-10H2,1-2H3,(H,16,18)/b7-5+. The lowest BCUT2D eigenvalue weighted by atomic mass is 10.1. The minimum absolute atomic E-state index is 0.115. The van der Waals surface area contributed by atoms with E-state index in [-0.39, 0.29) is 17.3 Å². The maximum atomic E-state index is 11.5. The first-order valence-corrected chi connectivity index (χ1v) is 6.94. The van der Waals surface area contributed by atoms with E-state index in [0.29, 0.717) is 25.3 Å². The summed E-state index contributed by atoms with van der Waals surface area (Å²) >= 11 is 0. The summed E-state index contributed by atoms with van der Waals surface area (Å²) in [5, 5.41) is 13.7. The third-order valence-corrected chi connectivity index (χ3v) is 2.67. The molecule has 0 heterocycles. The van der Waals surface area contributed by atoms with Crippen molar-refractivity contribution in [2.75, 3.05) is 26.9 Å². The fourth-order valence-corrected chi connectivity index (χ4v) is 1.62. The van der Waals surface area contributed by atoms with Crippen molar-refractivity contribution in [1.29, 1.82) is 0 Å². The first kappa shape index (κ1) is 17.6. The van der Waals surface area contributed by atoms with Crippen LogP contribution in [0.25, 0.3) is 6.08 Å². The van der Waals surface area contributed by atoms with Gasteiger partial charge in [-0.25, -0.2) is 0 Å². The molecule has 22 heavy (non-hydrogen) atoms. The van der Waals surface area contributed by atoms with Gasteiger partial charge >= 0.3 is 5.69 Å². The highest BCUT2D eigenvalue weighted by atomic mass is 16.6. The van der Waals surface area contributed by atoms with Gasteiger partial charge in [-0.15, -0.1) is 0 Å². The van der Waals surface area contributed by atoms with Gasteiger partial charge in [-0.1, -0.05) is 13.0 Å². The van der Waals surface area contributed by atoms with Crippen LogP contribution in [0.15, 0.2) is 24.3 Å². The first-order chi connectivity index (χ1) is 10.6. The van der Waals surface area contributed by atoms with E-state index in [0.717, 1.165) is 6.42 Å². The third-order valence-electron chi connectivity index (χ3n) is 2.67. The number of benzene rings is 1. The number of rotatable bonds is 9. The van der Waals surface area contributed by atoms with Crippen molar-refractivity contribution < 1.29 is 19.2 Å². The molecule has 0 unspecified atom stereocenters. The summed E-state index contributed by atoms with van der Waals surface area (Å²) in [6.45, 7) is 3.17. The van der Waals surface area contributed by atoms with Crippen molar-refractivity contribution in [3.8, 4) is 5.75 Å². The van der Waals surface area contributed by atoms with Crippen LogP contribution < -0.4 is 10.1 Å². The van der Waals surface area contributed by atoms with Crippen molar-refractivity contribution in [2.24, 2.45) is 0 Å².